The molecular formula is C14H15O3P. The van der Waals surface area contributed by atoms with E-state index in [2.05, 4.69) is 59.6 Å². The van der Waals surface area contributed by atoms with Gasteiger partial charge in [0.1, 0.15) is 0 Å². The summed E-state index contributed by atoms with van der Waals surface area (Å²) in [5.41, 5.74) is 2.55. The Morgan fingerprint density at radius 3 is 1.56 bits per heavy atom. The van der Waals surface area contributed by atoms with Gasteiger partial charge in [-0.1, -0.05) is 67.2 Å². The highest BCUT2D eigenvalue weighted by Gasteiger charge is 1.91. The van der Waals surface area contributed by atoms with Crippen molar-refractivity contribution < 1.29 is 14.0 Å². The lowest BCUT2D eigenvalue weighted by Crippen LogP contribution is -1.73. The fraction of sp³-hybridized carbons (Fsp3) is 0. The Labute approximate surface area is 107 Å². The van der Waals surface area contributed by atoms with Crippen LogP contribution >= 0.6 is 8.25 Å². The molecule has 1 unspecified atom stereocenters. The van der Waals surface area contributed by atoms with Crippen LogP contribution in [0.4, 0.5) is 0 Å². The first-order valence-corrected chi connectivity index (χ1v) is 6.61. The Bertz CT molecular complexity index is 445. The van der Waals surface area contributed by atoms with E-state index in [9.17, 15) is 4.57 Å². The lowest BCUT2D eigenvalue weighted by molar-refractivity contribution is 0.379. The molecule has 0 saturated carbocycles. The van der Waals surface area contributed by atoms with Crippen molar-refractivity contribution in [3.63, 3.8) is 0 Å². The van der Waals surface area contributed by atoms with Gasteiger partial charge in [-0.05, 0) is 11.1 Å². The molecule has 94 valence electrons. The van der Waals surface area contributed by atoms with Gasteiger partial charge < -0.3 is 9.42 Å². The van der Waals surface area contributed by atoms with Crippen LogP contribution in [-0.2, 0) is 9.09 Å². The first-order valence-electron chi connectivity index (χ1n) is 5.35. The van der Waals surface area contributed by atoms with E-state index in [1.54, 1.807) is 0 Å². The van der Waals surface area contributed by atoms with Crippen LogP contribution in [0.5, 0.6) is 0 Å². The standard InChI is InChI=1S/C12H10.C2H5O3P/c1-3-7-11(8-4-1)12-9-5-2-6-10-12;1-2-5-6(3)4/h1-10H;2,6H,1H2,(H,3,4). The molecule has 2 rings (SSSR count). The molecule has 1 N–H and O–H groups in total. The second-order valence-corrected chi connectivity index (χ2v) is 4.05. The summed E-state index contributed by atoms with van der Waals surface area (Å²) in [6.45, 7) is 3.04. The maximum Gasteiger partial charge on any atom is 0.364 e. The quantitative estimate of drug-likeness (QED) is 0.674. The zero-order chi connectivity index (χ0) is 13.2. The normalized spacial score (nSPS) is 10.7. The summed E-state index contributed by atoms with van der Waals surface area (Å²) >= 11 is 0. The van der Waals surface area contributed by atoms with Gasteiger partial charge in [0.15, 0.2) is 0 Å². The van der Waals surface area contributed by atoms with Crippen molar-refractivity contribution in [3.05, 3.63) is 73.5 Å². The van der Waals surface area contributed by atoms with Gasteiger partial charge in [0.25, 0.3) is 0 Å². The fourth-order valence-corrected chi connectivity index (χ4v) is 1.48. The lowest BCUT2D eigenvalue weighted by atomic mass is 10.1. The third kappa shape index (κ3) is 5.48. The zero-order valence-corrected chi connectivity index (χ0v) is 10.8. The van der Waals surface area contributed by atoms with Crippen molar-refractivity contribution >= 4 is 8.25 Å². The minimum atomic E-state index is -2.75. The molecule has 0 aromatic heterocycles. The van der Waals surface area contributed by atoms with Crippen molar-refractivity contribution in [2.45, 2.75) is 0 Å². The molecule has 0 bridgehead atoms. The van der Waals surface area contributed by atoms with E-state index in [-0.39, 0.29) is 0 Å². The van der Waals surface area contributed by atoms with Crippen molar-refractivity contribution in [2.24, 2.45) is 0 Å². The molecule has 1 atom stereocenters. The van der Waals surface area contributed by atoms with E-state index >= 15 is 0 Å². The highest BCUT2D eigenvalue weighted by atomic mass is 31.1. The van der Waals surface area contributed by atoms with E-state index in [4.69, 9.17) is 4.89 Å². The summed E-state index contributed by atoms with van der Waals surface area (Å²) in [4.78, 5) is 7.81. The van der Waals surface area contributed by atoms with E-state index in [1.807, 2.05) is 12.1 Å². The Hall–Kier alpha value is -1.83. The number of hydrogen-bond acceptors (Lipinski definition) is 2. The average molecular weight is 262 g/mol. The number of rotatable bonds is 3. The van der Waals surface area contributed by atoms with E-state index in [0.29, 0.717) is 0 Å². The predicted octanol–water partition coefficient (Wildman–Crippen LogP) is 3.88. The molecule has 2 aromatic rings. The molecule has 0 spiro atoms. The van der Waals surface area contributed by atoms with Crippen molar-refractivity contribution in [2.75, 3.05) is 0 Å². The third-order valence-electron chi connectivity index (χ3n) is 2.07. The van der Waals surface area contributed by atoms with Gasteiger partial charge in [0.05, 0.1) is 6.26 Å². The van der Waals surface area contributed by atoms with E-state index in [0.717, 1.165) is 6.26 Å². The van der Waals surface area contributed by atoms with Crippen LogP contribution in [0.25, 0.3) is 11.1 Å². The molecular weight excluding hydrogens is 247 g/mol. The van der Waals surface area contributed by atoms with Crippen LogP contribution in [0.3, 0.4) is 0 Å². The molecule has 0 radical (unpaired) electrons. The van der Waals surface area contributed by atoms with Gasteiger partial charge in [-0.2, -0.15) is 0 Å². The Kier molecular flexibility index (Phi) is 6.55. The topological polar surface area (TPSA) is 46.5 Å². The largest absolute Gasteiger partial charge is 0.435 e. The van der Waals surface area contributed by atoms with Crippen LogP contribution < -0.4 is 0 Å². The highest BCUT2D eigenvalue weighted by molar-refractivity contribution is 7.32. The molecule has 0 amide bonds. The summed E-state index contributed by atoms with van der Waals surface area (Å²) < 4.78 is 13.4. The summed E-state index contributed by atoms with van der Waals surface area (Å²) in [6.07, 6.45) is 0.932. The molecule has 2 aromatic carbocycles. The van der Waals surface area contributed by atoms with Gasteiger partial charge in [0, 0.05) is 0 Å². The third-order valence-corrected chi connectivity index (χ3v) is 2.43. The van der Waals surface area contributed by atoms with Crippen molar-refractivity contribution in [1.29, 1.82) is 0 Å². The van der Waals surface area contributed by atoms with E-state index < -0.39 is 8.25 Å². The molecule has 4 heteroatoms. The van der Waals surface area contributed by atoms with Crippen molar-refractivity contribution in [3.8, 4) is 11.1 Å². The summed E-state index contributed by atoms with van der Waals surface area (Å²) in [7, 11) is -2.75. The zero-order valence-electron chi connectivity index (χ0n) is 9.82. The molecule has 0 heterocycles. The van der Waals surface area contributed by atoms with Crippen LogP contribution in [-0.4, -0.2) is 4.89 Å². The summed E-state index contributed by atoms with van der Waals surface area (Å²) in [5, 5.41) is 0. The smallest absolute Gasteiger partial charge is 0.364 e. The molecule has 3 nitrogen and oxygen atoms in total. The molecule has 18 heavy (non-hydrogen) atoms. The van der Waals surface area contributed by atoms with Gasteiger partial charge >= 0.3 is 8.25 Å². The monoisotopic (exact) mass is 262 g/mol. The van der Waals surface area contributed by atoms with Crippen LogP contribution in [0.2, 0.25) is 0 Å². The minimum Gasteiger partial charge on any atom is -0.435 e. The Morgan fingerprint density at radius 2 is 1.33 bits per heavy atom. The Morgan fingerprint density at radius 1 is 0.944 bits per heavy atom. The molecule has 0 aliphatic carbocycles. The SMILES string of the molecule is C=CO[PH](=O)O.c1ccc(-c2ccccc2)cc1. The average Bonchev–Trinajstić information content (AvgIpc) is 2.41. The molecule has 0 aliphatic rings. The lowest BCUT2D eigenvalue weighted by Gasteiger charge is -1.98. The second-order valence-electron chi connectivity index (χ2n) is 3.28. The van der Waals surface area contributed by atoms with Gasteiger partial charge in [-0.25, -0.2) is 4.57 Å². The molecule has 0 fully saturated rings. The van der Waals surface area contributed by atoms with Crippen LogP contribution in [0.15, 0.2) is 73.5 Å². The maximum atomic E-state index is 9.49. The highest BCUT2D eigenvalue weighted by Crippen LogP contribution is 2.17. The molecule has 0 aliphatic heterocycles. The van der Waals surface area contributed by atoms with Gasteiger partial charge in [-0.15, -0.1) is 0 Å². The maximum absolute atomic E-state index is 9.49. The number of benzene rings is 2. The first kappa shape index (κ1) is 14.2. The van der Waals surface area contributed by atoms with Crippen molar-refractivity contribution in [1.82, 2.24) is 0 Å². The van der Waals surface area contributed by atoms with Gasteiger partial charge in [-0.3, -0.25) is 0 Å². The fourth-order valence-electron chi connectivity index (χ4n) is 1.33. The van der Waals surface area contributed by atoms with E-state index in [1.165, 1.54) is 11.1 Å². The minimum absolute atomic E-state index is 0.932. The number of hydrogen-bond donors (Lipinski definition) is 1. The Balaban J connectivity index is 0.000000232. The summed E-state index contributed by atoms with van der Waals surface area (Å²) in [5.74, 6) is 0. The van der Waals surface area contributed by atoms with Crippen LogP contribution in [0, 0.1) is 0 Å². The molecule has 0 saturated heterocycles. The van der Waals surface area contributed by atoms with Crippen LogP contribution in [0.1, 0.15) is 0 Å². The predicted molar refractivity (Wildman–Crippen MR) is 74.4 cm³/mol. The first-order chi connectivity index (χ1) is 8.74. The second kappa shape index (κ2) is 8.29. The summed E-state index contributed by atoms with van der Waals surface area (Å²) in [6, 6.07) is 20.8. The van der Waals surface area contributed by atoms with Gasteiger partial charge in [0.2, 0.25) is 0 Å².